The van der Waals surface area contributed by atoms with Crippen LogP contribution in [0.5, 0.6) is 0 Å². The Bertz CT molecular complexity index is 267. The van der Waals surface area contributed by atoms with Crippen molar-refractivity contribution in [1.29, 1.82) is 0 Å². The molecule has 0 bridgehead atoms. The van der Waals surface area contributed by atoms with Crippen LogP contribution in [0.2, 0.25) is 0 Å². The molecule has 2 N–H and O–H groups in total. The van der Waals surface area contributed by atoms with Crippen molar-refractivity contribution < 1.29 is 14.3 Å². The topological polar surface area (TPSA) is 69.4 Å². The summed E-state index contributed by atoms with van der Waals surface area (Å²) in [5.41, 5.74) is 4.03. The van der Waals surface area contributed by atoms with Crippen LogP contribution in [0.1, 0.15) is 46.5 Å². The number of hydrogen-bond donors (Lipinski definition) is 1. The van der Waals surface area contributed by atoms with Crippen LogP contribution in [0.4, 0.5) is 0 Å². The van der Waals surface area contributed by atoms with Gasteiger partial charge in [0.25, 0.3) is 0 Å². The van der Waals surface area contributed by atoms with E-state index in [0.717, 1.165) is 25.7 Å². The maximum Gasteiger partial charge on any atom is 0.181 e. The summed E-state index contributed by atoms with van der Waals surface area (Å²) < 4.78 is 5.72. The van der Waals surface area contributed by atoms with Gasteiger partial charge >= 0.3 is 0 Å². The fraction of sp³-hybridized carbons (Fsp3) is 0.846. The number of rotatable bonds is 4. The van der Waals surface area contributed by atoms with E-state index < -0.39 is 11.2 Å². The lowest BCUT2D eigenvalue weighted by Gasteiger charge is -2.39. The predicted molar refractivity (Wildman–Crippen MR) is 65.6 cm³/mol. The minimum Gasteiger partial charge on any atom is -0.354 e. The zero-order valence-corrected chi connectivity index (χ0v) is 10.9. The van der Waals surface area contributed by atoms with Crippen LogP contribution in [0, 0.1) is 5.92 Å². The summed E-state index contributed by atoms with van der Waals surface area (Å²) >= 11 is 0. The lowest BCUT2D eigenvalue weighted by molar-refractivity contribution is -0.173. The maximum absolute atomic E-state index is 11.3. The first-order valence-corrected chi connectivity index (χ1v) is 6.21. The predicted octanol–water partition coefficient (Wildman–Crippen LogP) is 1.46. The Labute approximate surface area is 103 Å². The van der Waals surface area contributed by atoms with E-state index >= 15 is 0 Å². The van der Waals surface area contributed by atoms with Gasteiger partial charge in [-0.15, -0.1) is 0 Å². The molecule has 1 saturated carbocycles. The van der Waals surface area contributed by atoms with Crippen molar-refractivity contribution in [2.75, 3.05) is 0 Å². The molecule has 0 radical (unpaired) electrons. The number of nitrogens with two attached hydrogens (primary N) is 1. The van der Waals surface area contributed by atoms with Crippen molar-refractivity contribution in [3.05, 3.63) is 0 Å². The normalized spacial score (nSPS) is 26.6. The Morgan fingerprint density at radius 1 is 1.06 bits per heavy atom. The molecule has 1 rings (SSSR count). The molecule has 1 fully saturated rings. The molecule has 17 heavy (non-hydrogen) atoms. The molecule has 0 aromatic heterocycles. The van der Waals surface area contributed by atoms with Gasteiger partial charge in [-0.2, -0.15) is 0 Å². The Hall–Kier alpha value is -0.740. The van der Waals surface area contributed by atoms with Gasteiger partial charge in [0.2, 0.25) is 0 Å². The molecule has 0 atom stereocenters. The van der Waals surface area contributed by atoms with Gasteiger partial charge < -0.3 is 10.5 Å². The summed E-state index contributed by atoms with van der Waals surface area (Å²) in [5, 5.41) is 0. The van der Waals surface area contributed by atoms with E-state index in [4.69, 9.17) is 10.5 Å². The van der Waals surface area contributed by atoms with E-state index in [1.54, 1.807) is 0 Å². The van der Waals surface area contributed by atoms with Gasteiger partial charge in [0, 0.05) is 12.0 Å². The zero-order valence-electron chi connectivity index (χ0n) is 10.9. The minimum atomic E-state index is -1.29. The first-order chi connectivity index (χ1) is 7.83. The average Bonchev–Trinajstić information content (AvgIpc) is 2.26. The molecule has 0 spiro atoms. The van der Waals surface area contributed by atoms with Gasteiger partial charge in [-0.05, 0) is 46.5 Å². The van der Waals surface area contributed by atoms with E-state index in [9.17, 15) is 9.59 Å². The molecule has 0 aromatic rings. The fourth-order valence-electron chi connectivity index (χ4n) is 2.45. The lowest BCUT2D eigenvalue weighted by atomic mass is 9.76. The first kappa shape index (κ1) is 14.3. The van der Waals surface area contributed by atoms with Gasteiger partial charge in [0.1, 0.15) is 0 Å². The molecule has 0 saturated heterocycles. The smallest absolute Gasteiger partial charge is 0.181 e. The average molecular weight is 241 g/mol. The van der Waals surface area contributed by atoms with Crippen LogP contribution in [-0.4, -0.2) is 29.8 Å². The highest BCUT2D eigenvalue weighted by atomic mass is 16.5. The van der Waals surface area contributed by atoms with E-state index in [1.165, 1.54) is 0 Å². The standard InChI is InChI=1S/C13H23NO3/c1-12(2,3)17-13(8-15,9-16)10-4-6-11(14)7-5-10/h8-11H,4-7,14H2,1-3H3. The largest absolute Gasteiger partial charge is 0.354 e. The van der Waals surface area contributed by atoms with Crippen LogP contribution in [0.15, 0.2) is 0 Å². The monoisotopic (exact) mass is 241 g/mol. The summed E-state index contributed by atoms with van der Waals surface area (Å²) in [6.45, 7) is 5.55. The molecule has 1 aliphatic carbocycles. The summed E-state index contributed by atoms with van der Waals surface area (Å²) in [6, 6.07) is 0.192. The first-order valence-electron chi connectivity index (χ1n) is 6.21. The SMILES string of the molecule is CC(C)(C)OC(C=O)(C=O)C1CCC(N)CC1. The van der Waals surface area contributed by atoms with E-state index in [-0.39, 0.29) is 12.0 Å². The van der Waals surface area contributed by atoms with E-state index in [2.05, 4.69) is 0 Å². The second kappa shape index (κ2) is 5.27. The third-order valence-electron chi connectivity index (χ3n) is 3.26. The fourth-order valence-corrected chi connectivity index (χ4v) is 2.45. The summed E-state index contributed by atoms with van der Waals surface area (Å²) in [6.07, 6.45) is 4.56. The van der Waals surface area contributed by atoms with E-state index in [1.807, 2.05) is 20.8 Å². The second-order valence-electron chi connectivity index (χ2n) is 5.92. The summed E-state index contributed by atoms with van der Waals surface area (Å²) in [5.74, 6) is -0.0449. The summed E-state index contributed by atoms with van der Waals surface area (Å²) in [7, 11) is 0. The van der Waals surface area contributed by atoms with Crippen molar-refractivity contribution in [3.8, 4) is 0 Å². The Morgan fingerprint density at radius 2 is 1.53 bits per heavy atom. The van der Waals surface area contributed by atoms with Crippen LogP contribution in [-0.2, 0) is 14.3 Å². The van der Waals surface area contributed by atoms with Gasteiger partial charge in [-0.25, -0.2) is 0 Å². The van der Waals surface area contributed by atoms with Crippen molar-refractivity contribution in [3.63, 3.8) is 0 Å². The highest BCUT2D eigenvalue weighted by molar-refractivity contribution is 5.88. The zero-order chi connectivity index (χ0) is 13.1. The number of carbonyl (C=O) groups excluding carboxylic acids is 2. The van der Waals surface area contributed by atoms with Crippen molar-refractivity contribution in [2.45, 2.75) is 63.7 Å². The lowest BCUT2D eigenvalue weighted by Crippen LogP contribution is -2.50. The quantitative estimate of drug-likeness (QED) is 0.597. The molecular formula is C13H23NO3. The van der Waals surface area contributed by atoms with Gasteiger partial charge in [0.05, 0.1) is 5.60 Å². The van der Waals surface area contributed by atoms with Gasteiger partial charge in [0.15, 0.2) is 18.2 Å². The molecule has 0 aromatic carbocycles. The van der Waals surface area contributed by atoms with Crippen LogP contribution in [0.25, 0.3) is 0 Å². The third kappa shape index (κ3) is 3.61. The molecule has 0 amide bonds. The van der Waals surface area contributed by atoms with Crippen molar-refractivity contribution >= 4 is 12.6 Å². The molecular weight excluding hydrogens is 218 g/mol. The van der Waals surface area contributed by atoms with Crippen molar-refractivity contribution in [1.82, 2.24) is 0 Å². The Morgan fingerprint density at radius 3 is 1.88 bits per heavy atom. The second-order valence-corrected chi connectivity index (χ2v) is 5.92. The number of aldehydes is 2. The highest BCUT2D eigenvalue weighted by Crippen LogP contribution is 2.35. The molecule has 1 aliphatic rings. The molecule has 0 aliphatic heterocycles. The van der Waals surface area contributed by atoms with Gasteiger partial charge in [-0.1, -0.05) is 0 Å². The Kier molecular flexibility index (Phi) is 4.44. The van der Waals surface area contributed by atoms with Crippen LogP contribution < -0.4 is 5.73 Å². The number of carbonyl (C=O) groups is 2. The molecule has 0 unspecified atom stereocenters. The van der Waals surface area contributed by atoms with Crippen LogP contribution >= 0.6 is 0 Å². The molecule has 0 heterocycles. The molecule has 98 valence electrons. The van der Waals surface area contributed by atoms with Gasteiger partial charge in [-0.3, -0.25) is 9.59 Å². The highest BCUT2D eigenvalue weighted by Gasteiger charge is 2.43. The third-order valence-corrected chi connectivity index (χ3v) is 3.26. The molecule has 4 nitrogen and oxygen atoms in total. The molecule has 4 heteroatoms. The Balaban J connectivity index is 2.83. The van der Waals surface area contributed by atoms with E-state index in [0.29, 0.717) is 12.6 Å². The maximum atomic E-state index is 11.3. The number of ether oxygens (including phenoxy) is 1. The van der Waals surface area contributed by atoms with Crippen LogP contribution in [0.3, 0.4) is 0 Å². The summed E-state index contributed by atoms with van der Waals surface area (Å²) in [4.78, 5) is 22.7. The number of hydrogen-bond acceptors (Lipinski definition) is 4. The van der Waals surface area contributed by atoms with Crippen molar-refractivity contribution in [2.24, 2.45) is 11.7 Å². The minimum absolute atomic E-state index is 0.0449.